The van der Waals surface area contributed by atoms with Gasteiger partial charge in [0, 0.05) is 25.1 Å². The van der Waals surface area contributed by atoms with Gasteiger partial charge in [-0.25, -0.2) is 14.6 Å². The topological polar surface area (TPSA) is 84.7 Å². The Morgan fingerprint density at radius 3 is 3.04 bits per heavy atom. The van der Waals surface area contributed by atoms with Gasteiger partial charge >= 0.3 is 0 Å². The largest absolute Gasteiger partial charge is 0.309 e. The van der Waals surface area contributed by atoms with Gasteiger partial charge in [-0.05, 0) is 25.5 Å². The van der Waals surface area contributed by atoms with Crippen LogP contribution in [0.25, 0.3) is 0 Å². The fourth-order valence-electron chi connectivity index (χ4n) is 2.76. The van der Waals surface area contributed by atoms with Crippen LogP contribution >= 0.6 is 11.6 Å². The zero-order valence-electron chi connectivity index (χ0n) is 13.8. The van der Waals surface area contributed by atoms with Crippen molar-refractivity contribution in [3.05, 3.63) is 35.0 Å². The van der Waals surface area contributed by atoms with Crippen LogP contribution < -0.4 is 10.6 Å². The van der Waals surface area contributed by atoms with E-state index in [1.807, 2.05) is 18.5 Å². The van der Waals surface area contributed by atoms with E-state index in [1.165, 1.54) is 6.20 Å². The molecule has 0 spiro atoms. The van der Waals surface area contributed by atoms with Gasteiger partial charge in [0.05, 0.1) is 17.6 Å². The molecule has 0 aromatic carbocycles. The molecule has 7 nitrogen and oxygen atoms in total. The van der Waals surface area contributed by atoms with E-state index in [-0.39, 0.29) is 18.0 Å². The van der Waals surface area contributed by atoms with Gasteiger partial charge in [-0.1, -0.05) is 18.5 Å². The number of rotatable bonds is 5. The highest BCUT2D eigenvalue weighted by Gasteiger charge is 2.24. The minimum Gasteiger partial charge on any atom is -0.309 e. The van der Waals surface area contributed by atoms with E-state index < -0.39 is 0 Å². The first-order valence-electron chi connectivity index (χ1n) is 8.16. The van der Waals surface area contributed by atoms with Crippen LogP contribution in [0.15, 0.2) is 18.3 Å². The van der Waals surface area contributed by atoms with Crippen LogP contribution in [0.4, 0.5) is 5.82 Å². The number of pyridine rings is 1. The second kappa shape index (κ2) is 7.27. The molecule has 2 aromatic heterocycles. The van der Waals surface area contributed by atoms with Crippen LogP contribution in [0.3, 0.4) is 0 Å². The van der Waals surface area contributed by atoms with Gasteiger partial charge in [0.1, 0.15) is 11.6 Å². The average molecular weight is 349 g/mol. The Hall–Kier alpha value is -1.99. The molecule has 3 rings (SSSR count). The summed E-state index contributed by atoms with van der Waals surface area (Å²) in [4.78, 5) is 20.9. The third kappa shape index (κ3) is 3.91. The fourth-order valence-corrected chi connectivity index (χ4v) is 2.87. The van der Waals surface area contributed by atoms with Crippen molar-refractivity contribution in [2.24, 2.45) is 0 Å². The van der Waals surface area contributed by atoms with Gasteiger partial charge in [0.25, 0.3) is 0 Å². The number of carbonyl (C=O) groups is 1. The van der Waals surface area contributed by atoms with E-state index in [1.54, 1.807) is 12.1 Å². The number of halogens is 1. The molecule has 2 atom stereocenters. The van der Waals surface area contributed by atoms with Crippen LogP contribution in [0.2, 0.25) is 5.02 Å². The summed E-state index contributed by atoms with van der Waals surface area (Å²) in [5.41, 5.74) is 0. The number of carbonyl (C=O) groups excluding carboxylic acids is 1. The lowest BCUT2D eigenvalue weighted by molar-refractivity contribution is -0.118. The van der Waals surface area contributed by atoms with E-state index in [0.717, 1.165) is 37.5 Å². The van der Waals surface area contributed by atoms with Gasteiger partial charge in [0.2, 0.25) is 5.91 Å². The number of amides is 1. The second-order valence-electron chi connectivity index (χ2n) is 5.95. The molecule has 24 heavy (non-hydrogen) atoms. The summed E-state index contributed by atoms with van der Waals surface area (Å²) in [6, 6.07) is 3.24. The summed E-state index contributed by atoms with van der Waals surface area (Å²) in [6.45, 7) is 4.63. The third-order valence-electron chi connectivity index (χ3n) is 4.08. The van der Waals surface area contributed by atoms with Crippen molar-refractivity contribution in [2.75, 3.05) is 5.32 Å². The van der Waals surface area contributed by atoms with Gasteiger partial charge in [-0.15, -0.1) is 0 Å². The average Bonchev–Trinajstić information content (AvgIpc) is 2.99. The number of fused-ring (bicyclic) bond motifs is 1. The number of hydrogen-bond donors (Lipinski definition) is 2. The highest BCUT2D eigenvalue weighted by Crippen LogP contribution is 2.14. The molecular formula is C16H21ClN6O. The first kappa shape index (κ1) is 16.9. The van der Waals surface area contributed by atoms with Crippen molar-refractivity contribution >= 4 is 23.3 Å². The van der Waals surface area contributed by atoms with E-state index in [4.69, 9.17) is 11.6 Å². The summed E-state index contributed by atoms with van der Waals surface area (Å²) in [5, 5.41) is 11.2. The third-order valence-corrected chi connectivity index (χ3v) is 4.30. The Bertz CT molecular complexity index is 714. The number of aryl methyl sites for hydroxylation is 2. The molecule has 0 aliphatic carbocycles. The summed E-state index contributed by atoms with van der Waals surface area (Å²) in [7, 11) is 0. The normalized spacial score (nSPS) is 18.0. The zero-order chi connectivity index (χ0) is 17.1. The zero-order valence-corrected chi connectivity index (χ0v) is 14.5. The number of nitrogens with zero attached hydrogens (tertiary/aromatic N) is 4. The summed E-state index contributed by atoms with van der Waals surface area (Å²) >= 11 is 5.79. The van der Waals surface area contributed by atoms with Crippen LogP contribution in [0, 0.1) is 0 Å². The fraction of sp³-hybridized carbons (Fsp3) is 0.500. The lowest BCUT2D eigenvalue weighted by Gasteiger charge is -2.26. The molecule has 0 unspecified atom stereocenters. The number of anilines is 1. The van der Waals surface area contributed by atoms with Crippen molar-refractivity contribution in [2.45, 2.75) is 51.7 Å². The quantitative estimate of drug-likeness (QED) is 0.861. The Labute approximate surface area is 145 Å². The van der Waals surface area contributed by atoms with Gasteiger partial charge in [0.15, 0.2) is 5.82 Å². The van der Waals surface area contributed by atoms with Crippen molar-refractivity contribution in [1.82, 2.24) is 25.1 Å². The first-order valence-corrected chi connectivity index (χ1v) is 8.54. The molecule has 2 N–H and O–H groups in total. The minimum atomic E-state index is -0.330. The van der Waals surface area contributed by atoms with Crippen LogP contribution in [0.5, 0.6) is 0 Å². The molecule has 1 amide bonds. The summed E-state index contributed by atoms with van der Waals surface area (Å²) in [6.07, 6.45) is 4.16. The van der Waals surface area contributed by atoms with Crippen molar-refractivity contribution in [1.29, 1.82) is 0 Å². The maximum Gasteiger partial charge on any atom is 0.242 e. The van der Waals surface area contributed by atoms with Crippen molar-refractivity contribution < 1.29 is 4.79 Å². The van der Waals surface area contributed by atoms with E-state index in [9.17, 15) is 4.79 Å². The highest BCUT2D eigenvalue weighted by molar-refractivity contribution is 6.30. The Morgan fingerprint density at radius 2 is 2.33 bits per heavy atom. The molecule has 1 aliphatic rings. The van der Waals surface area contributed by atoms with Crippen LogP contribution in [-0.2, 0) is 24.2 Å². The van der Waals surface area contributed by atoms with Gasteiger partial charge < -0.3 is 10.6 Å². The Morgan fingerprint density at radius 1 is 1.50 bits per heavy atom. The monoisotopic (exact) mass is 348 g/mol. The molecule has 0 fully saturated rings. The predicted molar refractivity (Wildman–Crippen MR) is 92.0 cm³/mol. The number of nitrogens with one attached hydrogen (secondary N) is 2. The molecule has 1 aliphatic heterocycles. The van der Waals surface area contributed by atoms with E-state index in [0.29, 0.717) is 10.8 Å². The second-order valence-corrected chi connectivity index (χ2v) is 6.39. The Kier molecular flexibility index (Phi) is 5.11. The van der Waals surface area contributed by atoms with Crippen molar-refractivity contribution in [3.8, 4) is 0 Å². The molecule has 3 heterocycles. The molecule has 0 saturated carbocycles. The molecule has 2 aromatic rings. The van der Waals surface area contributed by atoms with Gasteiger partial charge in [-0.2, -0.15) is 5.10 Å². The van der Waals surface area contributed by atoms with Gasteiger partial charge in [-0.3, -0.25) is 4.79 Å². The predicted octanol–water partition coefficient (Wildman–Crippen LogP) is 1.82. The van der Waals surface area contributed by atoms with Crippen molar-refractivity contribution in [3.63, 3.8) is 0 Å². The molecule has 0 saturated heterocycles. The standard InChI is InChI=1S/C16H21ClN6O/c1-3-13-20-15-7-5-12(9-23(15)22-13)19-10(2)16(24)21-14-6-4-11(17)8-18-14/h4,6,8,10,12,19H,3,5,7,9H2,1-2H3,(H,18,21,24)/t10-,12-/m1/s1. The summed E-state index contributed by atoms with van der Waals surface area (Å²) in [5.74, 6) is 2.29. The maximum atomic E-state index is 12.3. The molecule has 128 valence electrons. The molecule has 8 heteroatoms. The highest BCUT2D eigenvalue weighted by atomic mass is 35.5. The van der Waals surface area contributed by atoms with E-state index in [2.05, 4.69) is 25.7 Å². The number of hydrogen-bond acceptors (Lipinski definition) is 5. The van der Waals surface area contributed by atoms with E-state index >= 15 is 0 Å². The molecular weight excluding hydrogens is 328 g/mol. The lowest BCUT2D eigenvalue weighted by atomic mass is 10.1. The number of aromatic nitrogens is 4. The minimum absolute atomic E-state index is 0.122. The smallest absolute Gasteiger partial charge is 0.242 e. The first-order chi connectivity index (χ1) is 11.5. The maximum absolute atomic E-state index is 12.3. The van der Waals surface area contributed by atoms with Crippen LogP contribution in [0.1, 0.15) is 31.9 Å². The summed E-state index contributed by atoms with van der Waals surface area (Å²) < 4.78 is 1.95. The molecule has 0 radical (unpaired) electrons. The Balaban J connectivity index is 1.55. The SMILES string of the molecule is CCc1nc2n(n1)C[C@H](N[C@H](C)C(=O)Nc1ccc(Cl)cn1)CC2. The molecule has 0 bridgehead atoms. The van der Waals surface area contributed by atoms with Crippen LogP contribution in [-0.4, -0.2) is 37.7 Å². The lowest BCUT2D eigenvalue weighted by Crippen LogP contribution is -2.47.